The van der Waals surface area contributed by atoms with Crippen LogP contribution < -0.4 is 20.6 Å². The molecule has 342 valence electrons. The quantitative estimate of drug-likeness (QED) is 0.160. The molecule has 0 saturated heterocycles. The smallest absolute Gasteiger partial charge is 0.333 e. The van der Waals surface area contributed by atoms with E-state index in [1.54, 1.807) is 0 Å². The number of benzene rings is 10. The molecule has 11 aromatic rings. The molecule has 3 nitrogen and oxygen atoms in total. The van der Waals surface area contributed by atoms with Gasteiger partial charge in [0.05, 0.1) is 22.4 Å². The molecular weight excluding hydrogens is 892 g/mol. The fourth-order valence-electron chi connectivity index (χ4n) is 14.1. The summed E-state index contributed by atoms with van der Waals surface area (Å²) in [5, 5.41) is 2.28. The molecule has 0 saturated carbocycles. The minimum atomic E-state index is -1.95. The van der Waals surface area contributed by atoms with Gasteiger partial charge in [0.1, 0.15) is 11.2 Å². The van der Waals surface area contributed by atoms with Crippen molar-refractivity contribution in [1.29, 1.82) is 0 Å². The maximum Gasteiger partial charge on any atom is 0.333 e. The van der Waals surface area contributed by atoms with Crippen LogP contribution in [0.3, 0.4) is 0 Å². The lowest BCUT2D eigenvalue weighted by Gasteiger charge is -2.54. The van der Waals surface area contributed by atoms with Crippen molar-refractivity contribution in [1.82, 2.24) is 0 Å². The molecule has 1 aromatic heterocycles. The van der Waals surface area contributed by atoms with Crippen molar-refractivity contribution in [3.63, 3.8) is 0 Å². The molecule has 5 heteroatoms. The van der Waals surface area contributed by atoms with Crippen molar-refractivity contribution < 1.29 is 4.42 Å². The number of unbranched alkanes of at least 4 members (excludes halogenated alkanes) is 1. The lowest BCUT2D eigenvalue weighted by Crippen LogP contribution is -2.62. The van der Waals surface area contributed by atoms with Gasteiger partial charge in [0, 0.05) is 52.9 Å². The number of hydrogen-bond donors (Lipinski definition) is 0. The molecular formula is C67H49BN2OS. The van der Waals surface area contributed by atoms with Gasteiger partial charge in [0.15, 0.2) is 0 Å². The molecule has 0 atom stereocenters. The van der Waals surface area contributed by atoms with Crippen LogP contribution in [0.2, 0.25) is 0 Å². The Morgan fingerprint density at radius 3 is 2.00 bits per heavy atom. The van der Waals surface area contributed by atoms with Crippen molar-refractivity contribution in [3.05, 3.63) is 223 Å². The fourth-order valence-corrected chi connectivity index (χ4v) is 18.6. The maximum absolute atomic E-state index is 6.91. The van der Waals surface area contributed by atoms with Gasteiger partial charge in [0.25, 0.3) is 0 Å². The number of aryl methyl sites for hydroxylation is 1. The van der Waals surface area contributed by atoms with E-state index >= 15 is 0 Å². The first kappa shape index (κ1) is 40.7. The van der Waals surface area contributed by atoms with Crippen molar-refractivity contribution in [3.8, 4) is 44.5 Å². The monoisotopic (exact) mass is 940 g/mol. The van der Waals surface area contributed by atoms with Crippen LogP contribution in [0, 0.1) is 0 Å². The van der Waals surface area contributed by atoms with Gasteiger partial charge in [-0.1, -0.05) is 173 Å². The summed E-state index contributed by atoms with van der Waals surface area (Å²) in [4.78, 5) is 11.2. The lowest BCUT2D eigenvalue weighted by atomic mass is 9.42. The predicted molar refractivity (Wildman–Crippen MR) is 302 cm³/mol. The summed E-state index contributed by atoms with van der Waals surface area (Å²) in [6.45, 7) is 7.06. The summed E-state index contributed by atoms with van der Waals surface area (Å²) < 4.78 is 6.91. The Morgan fingerprint density at radius 2 is 1.19 bits per heavy atom. The Hall–Kier alpha value is -7.99. The molecule has 10 aromatic carbocycles. The summed E-state index contributed by atoms with van der Waals surface area (Å²) in [6, 6.07) is 79.0. The van der Waals surface area contributed by atoms with E-state index in [1.807, 2.05) is 0 Å². The standard InChI is InChI=1S/C67H49BN2OS/c1-4-5-20-41-35-37-52(48(39-41)42-21-7-6-8-22-42)69-54-40-49-43-23-9-13-28-50(43)67(2,3)63(49)62-47-27-19-34-60-65(47)70(68(64(54)62)51-36-38-56-61(66(51)69)46-26-10-15-30-55(46)71-56)53-29-14-18-33-59(53)72(60)57-31-16-11-24-44(57)45-25-12-17-32-58(45)72/h6-19,21-40H,4-5,20H2,1-3H3. The van der Waals surface area contributed by atoms with E-state index in [4.69, 9.17) is 4.42 Å². The summed E-state index contributed by atoms with van der Waals surface area (Å²) in [7, 11) is -1.95. The van der Waals surface area contributed by atoms with Crippen molar-refractivity contribution in [2.45, 2.75) is 65.0 Å². The molecule has 0 unspecified atom stereocenters. The molecule has 4 aliphatic heterocycles. The zero-order chi connectivity index (χ0) is 47.6. The molecule has 0 N–H and O–H groups in total. The number of hydrogen-bond acceptors (Lipinski definition) is 3. The van der Waals surface area contributed by atoms with Gasteiger partial charge in [-0.25, -0.2) is 0 Å². The van der Waals surface area contributed by atoms with Crippen LogP contribution in [0.25, 0.3) is 66.4 Å². The molecule has 1 spiro atoms. The normalized spacial score (nSPS) is 15.6. The average molecular weight is 941 g/mol. The summed E-state index contributed by atoms with van der Waals surface area (Å²) in [5.74, 6) is 0. The second-order valence-electron chi connectivity index (χ2n) is 20.9. The highest BCUT2D eigenvalue weighted by Gasteiger charge is 2.56. The molecule has 16 rings (SSSR count). The van der Waals surface area contributed by atoms with Crippen LogP contribution in [0.1, 0.15) is 50.3 Å². The zero-order valence-corrected chi connectivity index (χ0v) is 41.4. The Labute approximate surface area is 422 Å². The Bertz CT molecular complexity index is 4120. The van der Waals surface area contributed by atoms with E-state index in [9.17, 15) is 0 Å². The highest BCUT2D eigenvalue weighted by atomic mass is 32.3. The Balaban J connectivity index is 1.11. The summed E-state index contributed by atoms with van der Waals surface area (Å²) in [5.41, 5.74) is 25.0. The van der Waals surface area contributed by atoms with Gasteiger partial charge in [-0.15, -0.1) is 10.0 Å². The van der Waals surface area contributed by atoms with Gasteiger partial charge in [-0.05, 0) is 135 Å². The van der Waals surface area contributed by atoms with Crippen LogP contribution in [0.15, 0.2) is 230 Å². The largest absolute Gasteiger partial charge is 0.456 e. The first-order chi connectivity index (χ1) is 35.5. The number of anilines is 5. The number of nitrogens with zero attached hydrogens (tertiary/aromatic N) is 2. The average Bonchev–Trinajstić information content (AvgIpc) is 4.04. The third-order valence-electron chi connectivity index (χ3n) is 16.9. The van der Waals surface area contributed by atoms with Crippen molar-refractivity contribution in [2.75, 3.05) is 9.71 Å². The number of fused-ring (bicyclic) bond motifs is 21. The van der Waals surface area contributed by atoms with Crippen molar-refractivity contribution >= 4 is 78.2 Å². The van der Waals surface area contributed by atoms with Crippen molar-refractivity contribution in [2.24, 2.45) is 0 Å². The molecule has 0 radical (unpaired) electrons. The Kier molecular flexibility index (Phi) is 8.23. The SMILES string of the molecule is CCCCc1ccc(N2c3cc4c(c5c3B(c3ccc6oc7ccccc7c6c32)N2c3ccccc3S3(c6ccccc6-c6ccccc63)c3cccc-5c32)C(C)(C)c2ccccc2-4)c(-c2ccccc2)c1. The highest BCUT2D eigenvalue weighted by molar-refractivity contribution is 8.34. The third kappa shape index (κ3) is 4.99. The third-order valence-corrected chi connectivity index (χ3v) is 20.9. The number of furan rings is 1. The Morgan fingerprint density at radius 1 is 0.514 bits per heavy atom. The zero-order valence-electron chi connectivity index (χ0n) is 40.5. The second-order valence-corrected chi connectivity index (χ2v) is 23.9. The molecule has 72 heavy (non-hydrogen) atoms. The molecule has 5 heterocycles. The predicted octanol–water partition coefficient (Wildman–Crippen LogP) is 17.2. The first-order valence-corrected chi connectivity index (χ1v) is 27.4. The minimum Gasteiger partial charge on any atom is -0.456 e. The van der Waals surface area contributed by atoms with E-state index in [-0.39, 0.29) is 12.3 Å². The van der Waals surface area contributed by atoms with Crippen LogP contribution in [0.4, 0.5) is 28.4 Å². The molecule has 0 bridgehead atoms. The van der Waals surface area contributed by atoms with E-state index in [2.05, 4.69) is 237 Å². The van der Waals surface area contributed by atoms with Gasteiger partial charge < -0.3 is 14.1 Å². The van der Waals surface area contributed by atoms with Gasteiger partial charge >= 0.3 is 6.85 Å². The van der Waals surface area contributed by atoms with E-state index in [0.29, 0.717) is 0 Å². The highest BCUT2D eigenvalue weighted by Crippen LogP contribution is 2.85. The van der Waals surface area contributed by atoms with Gasteiger partial charge in [-0.3, -0.25) is 0 Å². The fraction of sp³-hybridized carbons (Fsp3) is 0.104. The first-order valence-electron chi connectivity index (χ1n) is 25.8. The molecule has 0 fully saturated rings. The molecule has 1 aliphatic carbocycles. The number of para-hydroxylation sites is 3. The molecule has 0 amide bonds. The van der Waals surface area contributed by atoms with Crippen LogP contribution >= 0.6 is 10.0 Å². The van der Waals surface area contributed by atoms with Crippen LogP contribution in [-0.4, -0.2) is 6.85 Å². The van der Waals surface area contributed by atoms with Crippen LogP contribution in [0.5, 0.6) is 0 Å². The van der Waals surface area contributed by atoms with Gasteiger partial charge in [0.2, 0.25) is 0 Å². The van der Waals surface area contributed by atoms with E-state index in [1.165, 1.54) is 120 Å². The molecule has 5 aliphatic rings. The maximum atomic E-state index is 6.91. The van der Waals surface area contributed by atoms with E-state index < -0.39 is 10.0 Å². The second kappa shape index (κ2) is 14.6. The minimum absolute atomic E-state index is 0.174. The topological polar surface area (TPSA) is 19.6 Å². The number of rotatable bonds is 5. The summed E-state index contributed by atoms with van der Waals surface area (Å²) >= 11 is 0. The van der Waals surface area contributed by atoms with Crippen LogP contribution in [-0.2, 0) is 11.8 Å². The van der Waals surface area contributed by atoms with E-state index in [0.717, 1.165) is 41.2 Å². The summed E-state index contributed by atoms with van der Waals surface area (Å²) in [6.07, 6.45) is 3.34. The lowest BCUT2D eigenvalue weighted by molar-refractivity contribution is 0.662. The van der Waals surface area contributed by atoms with Gasteiger partial charge in [-0.2, -0.15) is 0 Å².